The van der Waals surface area contributed by atoms with E-state index in [1.165, 1.54) is 19.9 Å². The first-order valence-electron chi connectivity index (χ1n) is 7.79. The van der Waals surface area contributed by atoms with Crippen LogP contribution in [-0.2, 0) is 11.0 Å². The summed E-state index contributed by atoms with van der Waals surface area (Å²) in [5.41, 5.74) is -1.11. The maximum atomic E-state index is 13.6. The second kappa shape index (κ2) is 7.19. The minimum absolute atomic E-state index is 0.200. The third-order valence-corrected chi connectivity index (χ3v) is 4.12. The number of carbonyl (C=O) groups excluding carboxylic acids is 1. The van der Waals surface area contributed by atoms with E-state index >= 15 is 0 Å². The van der Waals surface area contributed by atoms with E-state index in [2.05, 4.69) is 10.4 Å². The van der Waals surface area contributed by atoms with Crippen LogP contribution in [0.3, 0.4) is 0 Å². The first-order chi connectivity index (χ1) is 12.0. The molecule has 0 saturated carbocycles. The first kappa shape index (κ1) is 19.5. The predicted octanol–water partition coefficient (Wildman–Crippen LogP) is 3.04. The summed E-state index contributed by atoms with van der Waals surface area (Å²) in [5, 5.41) is 15.0. The van der Waals surface area contributed by atoms with Crippen LogP contribution in [0, 0.1) is 12.8 Å². The van der Waals surface area contributed by atoms with Crippen molar-refractivity contribution in [3.63, 3.8) is 0 Å². The number of hydrogen-bond acceptors (Lipinski definition) is 3. The van der Waals surface area contributed by atoms with E-state index in [4.69, 9.17) is 5.11 Å². The van der Waals surface area contributed by atoms with Crippen molar-refractivity contribution in [3.8, 4) is 5.69 Å². The summed E-state index contributed by atoms with van der Waals surface area (Å²) >= 11 is 0. The topological polar surface area (TPSA) is 84.2 Å². The molecule has 9 heteroatoms. The molecule has 1 amide bonds. The van der Waals surface area contributed by atoms with Crippen molar-refractivity contribution in [2.75, 3.05) is 0 Å². The normalized spacial score (nSPS) is 13.9. The zero-order valence-corrected chi connectivity index (χ0v) is 14.3. The molecule has 26 heavy (non-hydrogen) atoms. The molecule has 1 aromatic heterocycles. The number of aromatic nitrogens is 2. The number of alkyl halides is 3. The standard InChI is InChI=1S/C17H18F3N3O3/c1-9-6-4-5-7-13(9)23-14(17(18,19)20)12(8-21-23)15(24)22-11(3)10(2)16(25)26/h4-8,10-11H,1-3H3,(H,22,24)(H,25,26). The van der Waals surface area contributed by atoms with Gasteiger partial charge in [-0.3, -0.25) is 9.59 Å². The molecular formula is C17H18F3N3O3. The summed E-state index contributed by atoms with van der Waals surface area (Å²) in [4.78, 5) is 23.3. The Bertz CT molecular complexity index is 830. The molecular weight excluding hydrogens is 351 g/mol. The van der Waals surface area contributed by atoms with E-state index in [1.807, 2.05) is 0 Å². The summed E-state index contributed by atoms with van der Waals surface area (Å²) in [5.74, 6) is -3.15. The van der Waals surface area contributed by atoms with Crippen LogP contribution < -0.4 is 5.32 Å². The van der Waals surface area contributed by atoms with Crippen LogP contribution in [0.25, 0.3) is 5.69 Å². The van der Waals surface area contributed by atoms with E-state index in [0.29, 0.717) is 10.2 Å². The molecule has 6 nitrogen and oxygen atoms in total. The molecule has 0 radical (unpaired) electrons. The second-order valence-electron chi connectivity index (χ2n) is 5.99. The van der Waals surface area contributed by atoms with Crippen LogP contribution in [0.1, 0.15) is 35.5 Å². The number of aliphatic carboxylic acids is 1. The molecule has 0 aliphatic carbocycles. The van der Waals surface area contributed by atoms with Gasteiger partial charge in [-0.2, -0.15) is 18.3 Å². The number of aryl methyl sites for hydroxylation is 1. The van der Waals surface area contributed by atoms with Crippen molar-refractivity contribution in [3.05, 3.63) is 47.3 Å². The van der Waals surface area contributed by atoms with Gasteiger partial charge >= 0.3 is 12.1 Å². The molecule has 0 spiro atoms. The Labute approximate surface area is 147 Å². The fourth-order valence-electron chi connectivity index (χ4n) is 2.39. The van der Waals surface area contributed by atoms with E-state index in [1.54, 1.807) is 25.1 Å². The molecule has 2 aromatic rings. The Morgan fingerprint density at radius 1 is 1.23 bits per heavy atom. The molecule has 0 saturated heterocycles. The van der Waals surface area contributed by atoms with Gasteiger partial charge in [0, 0.05) is 6.04 Å². The van der Waals surface area contributed by atoms with Gasteiger partial charge in [0.1, 0.15) is 0 Å². The smallest absolute Gasteiger partial charge is 0.434 e. The molecule has 1 aromatic carbocycles. The average Bonchev–Trinajstić information content (AvgIpc) is 2.99. The van der Waals surface area contributed by atoms with Crippen LogP contribution in [0.5, 0.6) is 0 Å². The fraction of sp³-hybridized carbons (Fsp3) is 0.353. The number of rotatable bonds is 5. The lowest BCUT2D eigenvalue weighted by molar-refractivity contribution is -0.143. The Kier molecular flexibility index (Phi) is 5.38. The quantitative estimate of drug-likeness (QED) is 0.849. The van der Waals surface area contributed by atoms with Crippen molar-refractivity contribution in [1.29, 1.82) is 0 Å². The number of amides is 1. The number of benzene rings is 1. The Morgan fingerprint density at radius 3 is 2.38 bits per heavy atom. The summed E-state index contributed by atoms with van der Waals surface area (Å²) in [7, 11) is 0. The average molecular weight is 369 g/mol. The number of carboxylic acid groups (broad SMARTS) is 1. The van der Waals surface area contributed by atoms with Crippen molar-refractivity contribution < 1.29 is 27.9 Å². The van der Waals surface area contributed by atoms with Crippen LogP contribution in [0.15, 0.2) is 30.5 Å². The van der Waals surface area contributed by atoms with Gasteiger partial charge in [-0.15, -0.1) is 0 Å². The number of carboxylic acids is 1. The number of nitrogens with zero attached hydrogens (tertiary/aromatic N) is 2. The molecule has 0 bridgehead atoms. The highest BCUT2D eigenvalue weighted by Gasteiger charge is 2.41. The molecule has 1 heterocycles. The molecule has 2 atom stereocenters. The Morgan fingerprint density at radius 2 is 1.85 bits per heavy atom. The maximum Gasteiger partial charge on any atom is 0.434 e. The van der Waals surface area contributed by atoms with Crippen molar-refractivity contribution in [2.45, 2.75) is 33.0 Å². The molecule has 2 unspecified atom stereocenters. The highest BCUT2D eigenvalue weighted by molar-refractivity contribution is 5.96. The molecule has 0 aliphatic heterocycles. The molecule has 0 aliphatic rings. The van der Waals surface area contributed by atoms with Crippen LogP contribution in [-0.4, -0.2) is 32.8 Å². The molecule has 0 fully saturated rings. The molecule has 2 rings (SSSR count). The second-order valence-corrected chi connectivity index (χ2v) is 5.99. The zero-order valence-electron chi connectivity index (χ0n) is 14.3. The first-order valence-corrected chi connectivity index (χ1v) is 7.79. The van der Waals surface area contributed by atoms with Gasteiger partial charge in [0.05, 0.1) is 23.4 Å². The van der Waals surface area contributed by atoms with Gasteiger partial charge in [-0.05, 0) is 32.4 Å². The number of halogens is 3. The Hall–Kier alpha value is -2.84. The van der Waals surface area contributed by atoms with Crippen molar-refractivity contribution >= 4 is 11.9 Å². The Balaban J connectivity index is 2.46. The minimum atomic E-state index is -4.83. The number of para-hydroxylation sites is 1. The largest absolute Gasteiger partial charge is 0.481 e. The third kappa shape index (κ3) is 3.87. The van der Waals surface area contributed by atoms with Crippen LogP contribution >= 0.6 is 0 Å². The molecule has 2 N–H and O–H groups in total. The monoisotopic (exact) mass is 369 g/mol. The summed E-state index contributed by atoms with van der Waals surface area (Å²) < 4.78 is 41.5. The van der Waals surface area contributed by atoms with Gasteiger partial charge in [0.15, 0.2) is 5.69 Å². The van der Waals surface area contributed by atoms with Crippen molar-refractivity contribution in [2.24, 2.45) is 5.92 Å². The van der Waals surface area contributed by atoms with Gasteiger partial charge in [0.25, 0.3) is 5.91 Å². The van der Waals surface area contributed by atoms with Gasteiger partial charge in [-0.25, -0.2) is 4.68 Å². The third-order valence-electron chi connectivity index (χ3n) is 4.12. The predicted molar refractivity (Wildman–Crippen MR) is 87.0 cm³/mol. The van der Waals surface area contributed by atoms with Crippen LogP contribution in [0.2, 0.25) is 0 Å². The summed E-state index contributed by atoms with van der Waals surface area (Å²) in [6, 6.07) is 5.49. The van der Waals surface area contributed by atoms with Crippen LogP contribution in [0.4, 0.5) is 13.2 Å². The van der Waals surface area contributed by atoms with Gasteiger partial charge < -0.3 is 10.4 Å². The summed E-state index contributed by atoms with van der Waals surface area (Å²) in [6.07, 6.45) is -3.99. The van der Waals surface area contributed by atoms with E-state index in [9.17, 15) is 22.8 Å². The fourth-order valence-corrected chi connectivity index (χ4v) is 2.39. The van der Waals surface area contributed by atoms with Crippen molar-refractivity contribution in [1.82, 2.24) is 15.1 Å². The lowest BCUT2D eigenvalue weighted by atomic mass is 10.0. The SMILES string of the molecule is Cc1ccccc1-n1ncc(C(=O)NC(C)C(C)C(=O)O)c1C(F)(F)F. The minimum Gasteiger partial charge on any atom is -0.481 e. The lowest BCUT2D eigenvalue weighted by Gasteiger charge is -2.18. The van der Waals surface area contributed by atoms with Gasteiger partial charge in [-0.1, -0.05) is 18.2 Å². The lowest BCUT2D eigenvalue weighted by Crippen LogP contribution is -2.40. The van der Waals surface area contributed by atoms with E-state index < -0.39 is 41.3 Å². The zero-order chi connectivity index (χ0) is 19.6. The highest BCUT2D eigenvalue weighted by Crippen LogP contribution is 2.34. The van der Waals surface area contributed by atoms with E-state index in [0.717, 1.165) is 6.20 Å². The maximum absolute atomic E-state index is 13.6. The van der Waals surface area contributed by atoms with Gasteiger partial charge in [0.2, 0.25) is 0 Å². The summed E-state index contributed by atoms with van der Waals surface area (Å²) in [6.45, 7) is 4.40. The van der Waals surface area contributed by atoms with E-state index in [-0.39, 0.29) is 5.69 Å². The number of hydrogen-bond donors (Lipinski definition) is 2. The number of nitrogens with one attached hydrogen (secondary N) is 1. The highest BCUT2D eigenvalue weighted by atomic mass is 19.4. The molecule has 140 valence electrons. The number of carbonyl (C=O) groups is 2.